The summed E-state index contributed by atoms with van der Waals surface area (Å²) in [6, 6.07) is 1.91. The van der Waals surface area contributed by atoms with Crippen LogP contribution in [0.2, 0.25) is 0 Å². The summed E-state index contributed by atoms with van der Waals surface area (Å²) < 4.78 is 39.8. The molecule has 32 heavy (non-hydrogen) atoms. The lowest BCUT2D eigenvalue weighted by atomic mass is 9.86. The van der Waals surface area contributed by atoms with Gasteiger partial charge in [0.15, 0.2) is 11.4 Å². The molecular formula is C21H20F3N7O. The van der Waals surface area contributed by atoms with Crippen LogP contribution in [0.5, 0.6) is 0 Å². The van der Waals surface area contributed by atoms with E-state index in [0.29, 0.717) is 23.5 Å². The highest BCUT2D eigenvalue weighted by Gasteiger charge is 2.49. The SMILES string of the molecule is Cc1cnc(C(=O)N2C3CCC2C(Cc2cnc(C(F)(F)F)cn2)C3)c(-n2ccnn2)c1. The summed E-state index contributed by atoms with van der Waals surface area (Å²) in [7, 11) is 0. The molecule has 3 unspecified atom stereocenters. The van der Waals surface area contributed by atoms with E-state index >= 15 is 0 Å². The lowest BCUT2D eigenvalue weighted by Crippen LogP contribution is -2.38. The van der Waals surface area contributed by atoms with E-state index in [2.05, 4.69) is 25.3 Å². The van der Waals surface area contributed by atoms with Gasteiger partial charge in [-0.15, -0.1) is 5.10 Å². The van der Waals surface area contributed by atoms with E-state index in [1.54, 1.807) is 12.4 Å². The number of aromatic nitrogens is 6. The number of halogens is 3. The lowest BCUT2D eigenvalue weighted by Gasteiger charge is -2.25. The Hall–Kier alpha value is -3.37. The number of amides is 1. The third-order valence-electron chi connectivity index (χ3n) is 6.24. The van der Waals surface area contributed by atoms with Gasteiger partial charge < -0.3 is 4.90 Å². The van der Waals surface area contributed by atoms with Gasteiger partial charge in [0, 0.05) is 24.5 Å². The third kappa shape index (κ3) is 3.61. The summed E-state index contributed by atoms with van der Waals surface area (Å²) in [5.41, 5.74) is 1.28. The van der Waals surface area contributed by atoms with E-state index in [9.17, 15) is 18.0 Å². The number of pyridine rings is 1. The molecule has 1 amide bonds. The van der Waals surface area contributed by atoms with Crippen LogP contribution in [-0.2, 0) is 12.6 Å². The maximum Gasteiger partial charge on any atom is 0.434 e. The third-order valence-corrected chi connectivity index (χ3v) is 6.24. The molecule has 0 N–H and O–H groups in total. The zero-order valence-corrected chi connectivity index (χ0v) is 17.2. The molecule has 2 saturated heterocycles. The van der Waals surface area contributed by atoms with Crippen LogP contribution in [0.4, 0.5) is 13.2 Å². The average Bonchev–Trinajstić information content (AvgIpc) is 3.49. The molecule has 0 aromatic carbocycles. The summed E-state index contributed by atoms with van der Waals surface area (Å²) in [5.74, 6) is -0.0481. The van der Waals surface area contributed by atoms with E-state index in [1.807, 2.05) is 17.9 Å². The molecule has 2 aliphatic rings. The number of hydrogen-bond donors (Lipinski definition) is 0. The first-order valence-corrected chi connectivity index (χ1v) is 10.4. The van der Waals surface area contributed by atoms with E-state index < -0.39 is 11.9 Å². The molecule has 3 aromatic heterocycles. The van der Waals surface area contributed by atoms with Gasteiger partial charge in [-0.2, -0.15) is 13.2 Å². The summed E-state index contributed by atoms with van der Waals surface area (Å²) in [5, 5.41) is 7.83. The van der Waals surface area contributed by atoms with Gasteiger partial charge in [-0.1, -0.05) is 5.21 Å². The van der Waals surface area contributed by atoms with Crippen LogP contribution in [0.25, 0.3) is 5.69 Å². The minimum atomic E-state index is -4.51. The van der Waals surface area contributed by atoms with Crippen molar-refractivity contribution in [3.63, 3.8) is 0 Å². The largest absolute Gasteiger partial charge is 0.434 e. The van der Waals surface area contributed by atoms with Crippen molar-refractivity contribution in [1.29, 1.82) is 0 Å². The number of fused-ring (bicyclic) bond motifs is 2. The highest BCUT2D eigenvalue weighted by atomic mass is 19.4. The van der Waals surface area contributed by atoms with Gasteiger partial charge in [0.05, 0.1) is 30.0 Å². The fraction of sp³-hybridized carbons (Fsp3) is 0.429. The van der Waals surface area contributed by atoms with Crippen molar-refractivity contribution in [1.82, 2.24) is 34.8 Å². The molecule has 0 aliphatic carbocycles. The summed E-state index contributed by atoms with van der Waals surface area (Å²) in [6.07, 6.45) is 5.31. The second-order valence-electron chi connectivity index (χ2n) is 8.33. The lowest BCUT2D eigenvalue weighted by molar-refractivity contribution is -0.141. The molecule has 8 nitrogen and oxygen atoms in total. The average molecular weight is 443 g/mol. The van der Waals surface area contributed by atoms with Crippen molar-refractivity contribution in [2.45, 2.75) is 50.9 Å². The highest BCUT2D eigenvalue weighted by molar-refractivity contribution is 5.96. The van der Waals surface area contributed by atoms with Gasteiger partial charge in [-0.25, -0.2) is 14.6 Å². The quantitative estimate of drug-likeness (QED) is 0.616. The minimum Gasteiger partial charge on any atom is -0.331 e. The van der Waals surface area contributed by atoms with Gasteiger partial charge in [-0.3, -0.25) is 9.78 Å². The minimum absolute atomic E-state index is 0.0108. The predicted octanol–water partition coefficient (Wildman–Crippen LogP) is 3.02. The maximum atomic E-state index is 13.5. The molecule has 166 valence electrons. The number of aryl methyl sites for hydroxylation is 1. The molecule has 2 aliphatic heterocycles. The normalized spacial score (nSPS) is 22.5. The fourth-order valence-electron chi connectivity index (χ4n) is 4.88. The van der Waals surface area contributed by atoms with Gasteiger partial charge in [0.2, 0.25) is 0 Å². The molecule has 0 radical (unpaired) electrons. The Kier molecular flexibility index (Phi) is 4.90. The summed E-state index contributed by atoms with van der Waals surface area (Å²) in [6.45, 7) is 1.89. The molecule has 0 spiro atoms. The van der Waals surface area contributed by atoms with Crippen molar-refractivity contribution in [3.8, 4) is 5.69 Å². The topological polar surface area (TPSA) is 89.7 Å². The Bertz CT molecular complexity index is 1130. The van der Waals surface area contributed by atoms with Crippen LogP contribution in [0, 0.1) is 12.8 Å². The zero-order chi connectivity index (χ0) is 22.5. The number of carbonyl (C=O) groups is 1. The van der Waals surface area contributed by atoms with Gasteiger partial charge in [0.25, 0.3) is 5.91 Å². The Balaban J connectivity index is 1.37. The van der Waals surface area contributed by atoms with Crippen molar-refractivity contribution in [2.75, 3.05) is 0 Å². The Morgan fingerprint density at radius 3 is 2.69 bits per heavy atom. The molecule has 2 fully saturated rings. The fourth-order valence-corrected chi connectivity index (χ4v) is 4.88. The monoisotopic (exact) mass is 443 g/mol. The first kappa shape index (κ1) is 20.5. The smallest absolute Gasteiger partial charge is 0.331 e. The number of carbonyl (C=O) groups excluding carboxylic acids is 1. The van der Waals surface area contributed by atoms with Crippen LogP contribution < -0.4 is 0 Å². The number of rotatable bonds is 4. The van der Waals surface area contributed by atoms with E-state index in [-0.39, 0.29) is 23.9 Å². The van der Waals surface area contributed by atoms with E-state index in [0.717, 1.165) is 31.0 Å². The van der Waals surface area contributed by atoms with Crippen LogP contribution in [-0.4, -0.2) is 52.8 Å². The van der Waals surface area contributed by atoms with Crippen molar-refractivity contribution in [2.24, 2.45) is 5.92 Å². The van der Waals surface area contributed by atoms with Crippen LogP contribution >= 0.6 is 0 Å². The number of nitrogens with zero attached hydrogens (tertiary/aromatic N) is 7. The molecule has 2 bridgehead atoms. The molecular weight excluding hydrogens is 423 g/mol. The predicted molar refractivity (Wildman–Crippen MR) is 106 cm³/mol. The van der Waals surface area contributed by atoms with Crippen LogP contribution in [0.15, 0.2) is 37.1 Å². The van der Waals surface area contributed by atoms with Crippen molar-refractivity contribution < 1.29 is 18.0 Å². The zero-order valence-electron chi connectivity index (χ0n) is 17.2. The van der Waals surface area contributed by atoms with Crippen LogP contribution in [0.1, 0.15) is 46.7 Å². The molecule has 3 aromatic rings. The van der Waals surface area contributed by atoms with E-state index in [1.165, 1.54) is 17.1 Å². The van der Waals surface area contributed by atoms with E-state index in [4.69, 9.17) is 0 Å². The second kappa shape index (κ2) is 7.64. The molecule has 5 rings (SSSR count). The maximum absolute atomic E-state index is 13.5. The van der Waals surface area contributed by atoms with Crippen molar-refractivity contribution in [3.05, 3.63) is 59.7 Å². The van der Waals surface area contributed by atoms with Crippen molar-refractivity contribution >= 4 is 5.91 Å². The van der Waals surface area contributed by atoms with Gasteiger partial charge >= 0.3 is 6.18 Å². The molecule has 3 atom stereocenters. The van der Waals surface area contributed by atoms with Gasteiger partial charge in [0.1, 0.15) is 0 Å². The first-order chi connectivity index (χ1) is 15.3. The van der Waals surface area contributed by atoms with Gasteiger partial charge in [-0.05, 0) is 50.2 Å². The Labute approximate surface area is 181 Å². The summed E-state index contributed by atoms with van der Waals surface area (Å²) >= 11 is 0. The molecule has 11 heteroatoms. The second-order valence-corrected chi connectivity index (χ2v) is 8.33. The Morgan fingerprint density at radius 2 is 2.00 bits per heavy atom. The molecule has 0 saturated carbocycles. The number of alkyl halides is 3. The molecule has 5 heterocycles. The highest BCUT2D eigenvalue weighted by Crippen LogP contribution is 2.44. The van der Waals surface area contributed by atoms with Crippen LogP contribution in [0.3, 0.4) is 0 Å². The number of hydrogen-bond acceptors (Lipinski definition) is 6. The first-order valence-electron chi connectivity index (χ1n) is 10.4. The standard InChI is InChI=1S/C21H20F3N7O/c1-12-6-17(30-5-4-28-29-30)19(27-9-12)20(32)31-15-2-3-16(31)13(8-15)7-14-10-26-18(11-25-14)21(22,23)24/h4-6,9-11,13,15-16H,2-3,7-8H2,1H3. The summed E-state index contributed by atoms with van der Waals surface area (Å²) in [4.78, 5) is 27.3. The Morgan fingerprint density at radius 1 is 1.16 bits per heavy atom.